The molecule has 0 spiro atoms. The van der Waals surface area contributed by atoms with Crippen molar-refractivity contribution in [2.24, 2.45) is 0 Å². The Morgan fingerprint density at radius 2 is 1.33 bits per heavy atom. The molecule has 0 fully saturated rings. The van der Waals surface area contributed by atoms with Gasteiger partial charge in [0.2, 0.25) is 0 Å². The fourth-order valence-corrected chi connectivity index (χ4v) is 2.21. The maximum absolute atomic E-state index is 3.89. The molecule has 0 bridgehead atoms. The number of hydrogen-bond donors (Lipinski definition) is 0. The lowest BCUT2D eigenvalue weighted by molar-refractivity contribution is 0.955. The minimum atomic E-state index is 1.02. The lowest BCUT2D eigenvalue weighted by atomic mass is 9.95. The first kappa shape index (κ1) is 12.4. The largest absolute Gasteiger partial charge is 0.0985 e. The van der Waals surface area contributed by atoms with E-state index in [0.717, 1.165) is 12.8 Å². The lowest BCUT2D eigenvalue weighted by Crippen LogP contribution is -1.97. The second-order valence-corrected chi connectivity index (χ2v) is 4.31. The summed E-state index contributed by atoms with van der Waals surface area (Å²) in [6, 6.07) is 16.8. The van der Waals surface area contributed by atoms with E-state index < -0.39 is 0 Å². The summed E-state index contributed by atoms with van der Waals surface area (Å²) in [7, 11) is 0. The molecule has 0 radical (unpaired) electrons. The fraction of sp³-hybridized carbons (Fsp3) is 0.111. The van der Waals surface area contributed by atoms with Crippen LogP contribution in [0.25, 0.3) is 12.2 Å². The maximum Gasteiger partial charge on any atom is -0.0224 e. The van der Waals surface area contributed by atoms with Gasteiger partial charge in [-0.3, -0.25) is 0 Å². The molecular formula is C18H18. The molecule has 0 aliphatic carbocycles. The van der Waals surface area contributed by atoms with Crippen molar-refractivity contribution in [1.29, 1.82) is 0 Å². The molecule has 2 rings (SSSR count). The molecule has 0 N–H and O–H groups in total. The first-order chi connectivity index (χ1) is 8.85. The van der Waals surface area contributed by atoms with Crippen LogP contribution in [0, 0.1) is 0 Å². The molecule has 0 saturated heterocycles. The van der Waals surface area contributed by atoms with Crippen molar-refractivity contribution < 1.29 is 0 Å². The third-order valence-corrected chi connectivity index (χ3v) is 3.19. The van der Waals surface area contributed by atoms with E-state index in [2.05, 4.69) is 61.7 Å². The monoisotopic (exact) mass is 234 g/mol. The molecule has 0 atom stereocenters. The van der Waals surface area contributed by atoms with Gasteiger partial charge in [-0.25, -0.2) is 0 Å². The summed E-state index contributed by atoms with van der Waals surface area (Å²) in [6.07, 6.45) is 5.92. The predicted octanol–water partition coefficient (Wildman–Crippen LogP) is 4.76. The lowest BCUT2D eigenvalue weighted by Gasteiger charge is -2.10. The van der Waals surface area contributed by atoms with Gasteiger partial charge in [-0.15, -0.1) is 0 Å². The van der Waals surface area contributed by atoms with Crippen LogP contribution in [0.15, 0.2) is 61.7 Å². The summed E-state index contributed by atoms with van der Waals surface area (Å²) < 4.78 is 0. The average Bonchev–Trinajstić information content (AvgIpc) is 2.45. The van der Waals surface area contributed by atoms with Crippen LogP contribution in [-0.4, -0.2) is 0 Å². The van der Waals surface area contributed by atoms with Crippen LogP contribution in [0.2, 0.25) is 0 Å². The fourth-order valence-electron chi connectivity index (χ4n) is 2.21. The normalized spacial score (nSPS) is 10.0. The van der Waals surface area contributed by atoms with Crippen LogP contribution in [0.4, 0.5) is 0 Å². The van der Waals surface area contributed by atoms with Gasteiger partial charge in [-0.05, 0) is 35.1 Å². The van der Waals surface area contributed by atoms with Crippen LogP contribution < -0.4 is 0 Å². The second kappa shape index (κ2) is 6.02. The van der Waals surface area contributed by atoms with Crippen molar-refractivity contribution in [3.05, 3.63) is 83.9 Å². The van der Waals surface area contributed by atoms with Gasteiger partial charge in [-0.2, -0.15) is 0 Å². The van der Waals surface area contributed by atoms with E-state index in [-0.39, 0.29) is 0 Å². The number of aryl methyl sites for hydroxylation is 1. The number of rotatable bonds is 5. The van der Waals surface area contributed by atoms with Crippen LogP contribution in [-0.2, 0) is 12.8 Å². The van der Waals surface area contributed by atoms with Crippen molar-refractivity contribution in [1.82, 2.24) is 0 Å². The number of benzene rings is 2. The molecule has 0 nitrogen and oxygen atoms in total. The molecule has 2 aromatic carbocycles. The Kier molecular flexibility index (Phi) is 4.14. The summed E-state index contributed by atoms with van der Waals surface area (Å²) in [5, 5.41) is 0. The Balaban J connectivity index is 2.23. The van der Waals surface area contributed by atoms with Gasteiger partial charge in [0.25, 0.3) is 0 Å². The summed E-state index contributed by atoms with van der Waals surface area (Å²) in [6.45, 7) is 7.78. The predicted molar refractivity (Wildman–Crippen MR) is 80.5 cm³/mol. The van der Waals surface area contributed by atoms with E-state index in [1.54, 1.807) is 0 Å². The molecule has 0 aliphatic heterocycles. The van der Waals surface area contributed by atoms with Crippen molar-refractivity contribution in [2.75, 3.05) is 0 Å². The highest BCUT2D eigenvalue weighted by Crippen LogP contribution is 2.19. The van der Waals surface area contributed by atoms with E-state index >= 15 is 0 Å². The second-order valence-electron chi connectivity index (χ2n) is 4.31. The van der Waals surface area contributed by atoms with E-state index in [9.17, 15) is 0 Å². The van der Waals surface area contributed by atoms with E-state index in [1.807, 2.05) is 12.2 Å². The maximum atomic E-state index is 3.89. The topological polar surface area (TPSA) is 0 Å². The van der Waals surface area contributed by atoms with Gasteiger partial charge in [-0.1, -0.05) is 73.8 Å². The van der Waals surface area contributed by atoms with Gasteiger partial charge in [0.1, 0.15) is 0 Å². The number of hydrogen-bond acceptors (Lipinski definition) is 0. The molecule has 0 saturated carbocycles. The zero-order chi connectivity index (χ0) is 12.8. The van der Waals surface area contributed by atoms with Crippen LogP contribution >= 0.6 is 0 Å². The SMILES string of the molecule is C=Cc1cccc(C=C)c1CCc1ccccc1. The third kappa shape index (κ3) is 2.78. The Labute approximate surface area is 109 Å². The Morgan fingerprint density at radius 3 is 1.89 bits per heavy atom. The minimum absolute atomic E-state index is 1.02. The van der Waals surface area contributed by atoms with Crippen LogP contribution in [0.3, 0.4) is 0 Å². The average molecular weight is 234 g/mol. The summed E-state index contributed by atoms with van der Waals surface area (Å²) in [5.41, 5.74) is 5.13. The summed E-state index contributed by atoms with van der Waals surface area (Å²) >= 11 is 0. The molecule has 0 aliphatic rings. The highest BCUT2D eigenvalue weighted by atomic mass is 14.1. The molecule has 0 amide bonds. The Bertz CT molecular complexity index is 509. The van der Waals surface area contributed by atoms with Crippen molar-refractivity contribution >= 4 is 12.2 Å². The quantitative estimate of drug-likeness (QED) is 0.700. The molecule has 90 valence electrons. The molecule has 2 aromatic rings. The minimum Gasteiger partial charge on any atom is -0.0985 e. The van der Waals surface area contributed by atoms with Crippen LogP contribution in [0.5, 0.6) is 0 Å². The molecule has 18 heavy (non-hydrogen) atoms. The van der Waals surface area contributed by atoms with Gasteiger partial charge in [0, 0.05) is 0 Å². The summed E-state index contributed by atoms with van der Waals surface area (Å²) in [5.74, 6) is 0. The van der Waals surface area contributed by atoms with Gasteiger partial charge in [0.15, 0.2) is 0 Å². The Hall–Kier alpha value is -2.08. The van der Waals surface area contributed by atoms with Crippen molar-refractivity contribution in [3.8, 4) is 0 Å². The van der Waals surface area contributed by atoms with Crippen molar-refractivity contribution in [2.45, 2.75) is 12.8 Å². The van der Waals surface area contributed by atoms with Gasteiger partial charge >= 0.3 is 0 Å². The van der Waals surface area contributed by atoms with E-state index in [0.29, 0.717) is 0 Å². The van der Waals surface area contributed by atoms with Gasteiger partial charge in [0.05, 0.1) is 0 Å². The van der Waals surface area contributed by atoms with E-state index in [4.69, 9.17) is 0 Å². The first-order valence-electron chi connectivity index (χ1n) is 6.26. The molecule has 0 heteroatoms. The van der Waals surface area contributed by atoms with Gasteiger partial charge < -0.3 is 0 Å². The highest BCUT2D eigenvalue weighted by molar-refractivity contribution is 5.62. The van der Waals surface area contributed by atoms with Crippen LogP contribution in [0.1, 0.15) is 22.3 Å². The molecular weight excluding hydrogens is 216 g/mol. The zero-order valence-electron chi connectivity index (χ0n) is 10.6. The Morgan fingerprint density at radius 1 is 0.722 bits per heavy atom. The molecule has 0 aromatic heterocycles. The van der Waals surface area contributed by atoms with Crippen molar-refractivity contribution in [3.63, 3.8) is 0 Å². The standard InChI is InChI=1S/C18H18/c1-3-16-11-8-12-17(4-2)18(16)14-13-15-9-6-5-7-10-15/h3-12H,1-2,13-14H2. The molecule has 0 unspecified atom stereocenters. The zero-order valence-corrected chi connectivity index (χ0v) is 10.6. The smallest absolute Gasteiger partial charge is 0.0224 e. The first-order valence-corrected chi connectivity index (χ1v) is 6.26. The third-order valence-electron chi connectivity index (χ3n) is 3.19. The molecule has 0 heterocycles. The highest BCUT2D eigenvalue weighted by Gasteiger charge is 2.04. The summed E-state index contributed by atoms with van der Waals surface area (Å²) in [4.78, 5) is 0. The van der Waals surface area contributed by atoms with E-state index in [1.165, 1.54) is 22.3 Å².